The van der Waals surface area contributed by atoms with Crippen molar-refractivity contribution >= 4 is 5.91 Å². The van der Waals surface area contributed by atoms with Crippen molar-refractivity contribution in [2.24, 2.45) is 0 Å². The molecule has 2 atom stereocenters. The van der Waals surface area contributed by atoms with Crippen molar-refractivity contribution in [1.82, 2.24) is 15.5 Å². The van der Waals surface area contributed by atoms with E-state index in [9.17, 15) is 9.18 Å². The van der Waals surface area contributed by atoms with E-state index in [-0.39, 0.29) is 18.6 Å². The maximum absolute atomic E-state index is 12.1. The van der Waals surface area contributed by atoms with Gasteiger partial charge in [-0.1, -0.05) is 0 Å². The highest BCUT2D eigenvalue weighted by molar-refractivity contribution is 5.81. The average molecular weight is 217 g/mol. The molecular weight excluding hydrogens is 197 g/mol. The quantitative estimate of drug-likeness (QED) is 0.668. The van der Waals surface area contributed by atoms with Gasteiger partial charge >= 0.3 is 0 Å². The summed E-state index contributed by atoms with van der Waals surface area (Å²) in [5.74, 6) is 0.0469. The molecule has 1 aliphatic heterocycles. The first-order chi connectivity index (χ1) is 7.17. The molecule has 0 aromatic heterocycles. The predicted molar refractivity (Wildman–Crippen MR) is 57.5 cm³/mol. The molecule has 0 aromatic rings. The molecule has 0 spiro atoms. The topological polar surface area (TPSA) is 44.4 Å². The van der Waals surface area contributed by atoms with Crippen LogP contribution in [-0.4, -0.2) is 56.8 Å². The Morgan fingerprint density at radius 3 is 2.93 bits per heavy atom. The van der Waals surface area contributed by atoms with E-state index in [2.05, 4.69) is 10.6 Å². The number of carbonyl (C=O) groups excluding carboxylic acids is 1. The molecule has 0 aliphatic carbocycles. The lowest BCUT2D eigenvalue weighted by molar-refractivity contribution is -0.122. The third-order valence-electron chi connectivity index (χ3n) is 2.80. The number of carbonyl (C=O) groups is 1. The number of likely N-dealkylation sites (N-methyl/N-ethyl adjacent to an activating group) is 2. The van der Waals surface area contributed by atoms with Gasteiger partial charge in [0.15, 0.2) is 0 Å². The van der Waals surface area contributed by atoms with Gasteiger partial charge in [0.1, 0.15) is 6.67 Å². The summed E-state index contributed by atoms with van der Waals surface area (Å²) in [7, 11) is 3.54. The number of alkyl halides is 1. The summed E-state index contributed by atoms with van der Waals surface area (Å²) in [6.07, 6.45) is 1.85. The monoisotopic (exact) mass is 217 g/mol. The van der Waals surface area contributed by atoms with Crippen LogP contribution in [0.15, 0.2) is 0 Å². The fourth-order valence-electron chi connectivity index (χ4n) is 1.96. The maximum atomic E-state index is 12.1. The fraction of sp³-hybridized carbons (Fsp3) is 0.900. The summed E-state index contributed by atoms with van der Waals surface area (Å²) < 4.78 is 12.1. The van der Waals surface area contributed by atoms with Gasteiger partial charge in [-0.3, -0.25) is 4.79 Å². The molecule has 1 fully saturated rings. The third-order valence-corrected chi connectivity index (χ3v) is 2.80. The first-order valence-corrected chi connectivity index (χ1v) is 5.39. The van der Waals surface area contributed by atoms with Gasteiger partial charge in [0.2, 0.25) is 5.91 Å². The smallest absolute Gasteiger partial charge is 0.236 e. The van der Waals surface area contributed by atoms with Crippen molar-refractivity contribution in [1.29, 1.82) is 0 Å². The summed E-state index contributed by atoms with van der Waals surface area (Å²) in [5.41, 5.74) is 0. The highest BCUT2D eigenvalue weighted by Crippen LogP contribution is 2.13. The molecule has 0 bridgehead atoms. The first-order valence-electron chi connectivity index (χ1n) is 5.39. The van der Waals surface area contributed by atoms with Crippen molar-refractivity contribution < 1.29 is 9.18 Å². The number of hydrogen-bond acceptors (Lipinski definition) is 3. The third kappa shape index (κ3) is 3.76. The second-order valence-electron chi connectivity index (χ2n) is 4.06. The number of nitrogens with one attached hydrogen (secondary N) is 2. The van der Waals surface area contributed by atoms with Crippen LogP contribution in [0.25, 0.3) is 0 Å². The molecule has 88 valence electrons. The number of rotatable bonds is 5. The molecule has 2 N–H and O–H groups in total. The van der Waals surface area contributed by atoms with Crippen LogP contribution in [0.5, 0.6) is 0 Å². The van der Waals surface area contributed by atoms with E-state index in [0.717, 1.165) is 19.4 Å². The van der Waals surface area contributed by atoms with Crippen molar-refractivity contribution in [3.63, 3.8) is 0 Å². The molecule has 0 radical (unpaired) electrons. The van der Waals surface area contributed by atoms with E-state index < -0.39 is 0 Å². The Bertz CT molecular complexity index is 213. The molecule has 1 saturated heterocycles. The van der Waals surface area contributed by atoms with Crippen molar-refractivity contribution in [3.05, 3.63) is 0 Å². The van der Waals surface area contributed by atoms with Crippen LogP contribution in [0.3, 0.4) is 0 Å². The van der Waals surface area contributed by atoms with Crippen LogP contribution < -0.4 is 10.6 Å². The maximum Gasteiger partial charge on any atom is 0.236 e. The second kappa shape index (κ2) is 6.02. The van der Waals surface area contributed by atoms with Gasteiger partial charge in [0, 0.05) is 26.2 Å². The van der Waals surface area contributed by atoms with Crippen LogP contribution in [0.2, 0.25) is 0 Å². The first kappa shape index (κ1) is 12.4. The van der Waals surface area contributed by atoms with E-state index in [0.29, 0.717) is 12.6 Å². The van der Waals surface area contributed by atoms with Gasteiger partial charge in [-0.15, -0.1) is 0 Å². The van der Waals surface area contributed by atoms with Crippen molar-refractivity contribution in [2.75, 3.05) is 33.9 Å². The Balaban J connectivity index is 2.27. The van der Waals surface area contributed by atoms with Gasteiger partial charge in [-0.25, -0.2) is 4.39 Å². The summed E-state index contributed by atoms with van der Waals surface area (Å²) in [6.45, 7) is 0.947. The van der Waals surface area contributed by atoms with Crippen LogP contribution >= 0.6 is 0 Å². The van der Waals surface area contributed by atoms with E-state index in [1.165, 1.54) is 0 Å². The van der Waals surface area contributed by atoms with Crippen LogP contribution in [0.1, 0.15) is 12.8 Å². The van der Waals surface area contributed by atoms with Crippen molar-refractivity contribution in [3.8, 4) is 0 Å². The van der Waals surface area contributed by atoms with Gasteiger partial charge in [-0.2, -0.15) is 0 Å². The Morgan fingerprint density at radius 2 is 2.33 bits per heavy atom. The summed E-state index contributed by atoms with van der Waals surface area (Å²) >= 11 is 0. The Morgan fingerprint density at radius 1 is 1.60 bits per heavy atom. The number of nitrogens with zero attached hydrogens (tertiary/aromatic N) is 1. The molecule has 1 aliphatic rings. The van der Waals surface area contributed by atoms with Gasteiger partial charge in [0.25, 0.3) is 0 Å². The molecule has 2 unspecified atom stereocenters. The van der Waals surface area contributed by atoms with Gasteiger partial charge < -0.3 is 15.5 Å². The molecule has 0 saturated carbocycles. The van der Waals surface area contributed by atoms with E-state index >= 15 is 0 Å². The molecule has 4 nitrogen and oxygen atoms in total. The molecular formula is C10H20FN3O. The second-order valence-corrected chi connectivity index (χ2v) is 4.06. The Hall–Kier alpha value is -0.680. The molecule has 1 rings (SSSR count). The zero-order valence-corrected chi connectivity index (χ0v) is 9.42. The SMILES string of the molecule is CNC(=O)C1CCC(CN(C)CCF)N1. The minimum atomic E-state index is -0.317. The minimum absolute atomic E-state index is 0.0469. The van der Waals surface area contributed by atoms with Crippen LogP contribution in [0.4, 0.5) is 4.39 Å². The predicted octanol–water partition coefficient (Wildman–Crippen LogP) is -0.246. The van der Waals surface area contributed by atoms with E-state index in [1.54, 1.807) is 7.05 Å². The highest BCUT2D eigenvalue weighted by Gasteiger charge is 2.28. The number of hydrogen-bond donors (Lipinski definition) is 2. The number of halogens is 1. The zero-order valence-electron chi connectivity index (χ0n) is 9.42. The minimum Gasteiger partial charge on any atom is -0.358 e. The lowest BCUT2D eigenvalue weighted by atomic mass is 10.2. The number of amides is 1. The summed E-state index contributed by atoms with van der Waals surface area (Å²) in [5, 5.41) is 5.89. The Kier molecular flexibility index (Phi) is 4.98. The van der Waals surface area contributed by atoms with Crippen LogP contribution in [0, 0.1) is 0 Å². The van der Waals surface area contributed by atoms with E-state index in [1.807, 2.05) is 11.9 Å². The largest absolute Gasteiger partial charge is 0.358 e. The summed E-state index contributed by atoms with van der Waals surface area (Å²) in [4.78, 5) is 13.3. The lowest BCUT2D eigenvalue weighted by Gasteiger charge is -2.20. The fourth-order valence-corrected chi connectivity index (χ4v) is 1.96. The average Bonchev–Trinajstić information content (AvgIpc) is 2.65. The molecule has 0 aromatic carbocycles. The molecule has 5 heteroatoms. The van der Waals surface area contributed by atoms with E-state index in [4.69, 9.17) is 0 Å². The molecule has 1 amide bonds. The lowest BCUT2D eigenvalue weighted by Crippen LogP contribution is -2.44. The van der Waals surface area contributed by atoms with Crippen LogP contribution in [-0.2, 0) is 4.79 Å². The summed E-state index contributed by atoms with van der Waals surface area (Å²) in [6, 6.07) is 0.239. The van der Waals surface area contributed by atoms with Gasteiger partial charge in [-0.05, 0) is 19.9 Å². The standard InChI is InChI=1S/C10H20FN3O/c1-12-10(15)9-4-3-8(13-9)7-14(2)6-5-11/h8-9,13H,3-7H2,1-2H3,(H,12,15). The normalized spacial score (nSPS) is 25.9. The van der Waals surface area contributed by atoms with Gasteiger partial charge in [0.05, 0.1) is 6.04 Å². The molecule has 1 heterocycles. The zero-order chi connectivity index (χ0) is 11.3. The molecule has 15 heavy (non-hydrogen) atoms. The Labute approximate surface area is 90.2 Å². The highest BCUT2D eigenvalue weighted by atomic mass is 19.1. The van der Waals surface area contributed by atoms with Crippen molar-refractivity contribution in [2.45, 2.75) is 24.9 Å².